The third-order valence-corrected chi connectivity index (χ3v) is 4.54. The van der Waals surface area contributed by atoms with E-state index in [1.807, 2.05) is 24.0 Å². The summed E-state index contributed by atoms with van der Waals surface area (Å²) in [6, 6.07) is 3.67. The van der Waals surface area contributed by atoms with Gasteiger partial charge in [0.2, 0.25) is 11.7 Å². The molecule has 1 aromatic rings. The smallest absolute Gasteiger partial charge is 0.239 e. The number of nitrogens with one attached hydrogen (secondary N) is 1. The van der Waals surface area contributed by atoms with E-state index in [0.29, 0.717) is 37.0 Å². The van der Waals surface area contributed by atoms with Crippen molar-refractivity contribution in [2.45, 2.75) is 38.8 Å². The van der Waals surface area contributed by atoms with Crippen molar-refractivity contribution >= 4 is 5.91 Å². The Bertz CT molecular complexity index is 567. The fraction of sp³-hybridized carbons (Fsp3) is 0.611. The first-order valence-corrected chi connectivity index (χ1v) is 8.67. The molecule has 24 heavy (non-hydrogen) atoms. The first-order chi connectivity index (χ1) is 11.7. The van der Waals surface area contributed by atoms with E-state index in [9.17, 15) is 4.79 Å². The Morgan fingerprint density at radius 2 is 2.00 bits per heavy atom. The Balaban J connectivity index is 1.62. The lowest BCUT2D eigenvalue weighted by Gasteiger charge is -2.29. The van der Waals surface area contributed by atoms with Gasteiger partial charge in [-0.1, -0.05) is 0 Å². The molecule has 0 bridgehead atoms. The van der Waals surface area contributed by atoms with Crippen LogP contribution < -0.4 is 19.5 Å². The van der Waals surface area contributed by atoms with E-state index in [0.717, 1.165) is 31.5 Å². The maximum Gasteiger partial charge on any atom is 0.239 e. The van der Waals surface area contributed by atoms with Crippen LogP contribution in [-0.2, 0) is 11.3 Å². The van der Waals surface area contributed by atoms with Gasteiger partial charge in [0, 0.05) is 19.6 Å². The number of ether oxygens (including phenoxy) is 3. The van der Waals surface area contributed by atoms with Crippen LogP contribution in [0.3, 0.4) is 0 Å². The molecule has 132 valence electrons. The van der Waals surface area contributed by atoms with Gasteiger partial charge in [0.1, 0.15) is 13.2 Å². The number of piperidine rings is 1. The normalized spacial score (nSPS) is 18.2. The summed E-state index contributed by atoms with van der Waals surface area (Å²) in [6.45, 7) is 5.32. The molecule has 6 nitrogen and oxygen atoms in total. The van der Waals surface area contributed by atoms with Crippen LogP contribution in [0.25, 0.3) is 0 Å². The molecule has 1 N–H and O–H groups in total. The highest BCUT2D eigenvalue weighted by Gasteiger charge is 2.22. The molecule has 1 fully saturated rings. The Labute approximate surface area is 143 Å². The standard InChI is InChI=1S/C18H26N2O4/c1-13(18(21)20-6-4-3-5-7-20)19-12-14-10-15(22-2)17-16(11-14)23-8-9-24-17/h10-11,13,19H,3-9,12H2,1-2H3/t13-/m1/s1. The second kappa shape index (κ2) is 7.75. The average molecular weight is 334 g/mol. The first kappa shape index (κ1) is 16.9. The minimum Gasteiger partial charge on any atom is -0.493 e. The Morgan fingerprint density at radius 3 is 2.75 bits per heavy atom. The second-order valence-electron chi connectivity index (χ2n) is 6.31. The van der Waals surface area contributed by atoms with Crippen molar-refractivity contribution in [3.63, 3.8) is 0 Å². The Hall–Kier alpha value is -1.95. The number of likely N-dealkylation sites (tertiary alicyclic amines) is 1. The maximum absolute atomic E-state index is 12.5. The summed E-state index contributed by atoms with van der Waals surface area (Å²) in [5, 5.41) is 3.31. The maximum atomic E-state index is 12.5. The third kappa shape index (κ3) is 3.75. The predicted octanol–water partition coefficient (Wildman–Crippen LogP) is 1.96. The summed E-state index contributed by atoms with van der Waals surface area (Å²) in [4.78, 5) is 14.4. The summed E-state index contributed by atoms with van der Waals surface area (Å²) in [7, 11) is 1.62. The molecule has 2 aliphatic heterocycles. The molecule has 1 saturated heterocycles. The van der Waals surface area contributed by atoms with Crippen LogP contribution in [0, 0.1) is 0 Å². The Kier molecular flexibility index (Phi) is 5.45. The monoisotopic (exact) mass is 334 g/mol. The van der Waals surface area contributed by atoms with Crippen LogP contribution in [0.1, 0.15) is 31.7 Å². The molecule has 1 aromatic carbocycles. The highest BCUT2D eigenvalue weighted by atomic mass is 16.6. The van der Waals surface area contributed by atoms with Crippen molar-refractivity contribution < 1.29 is 19.0 Å². The number of carbonyl (C=O) groups excluding carboxylic acids is 1. The number of hydrogen-bond acceptors (Lipinski definition) is 5. The number of hydrogen-bond donors (Lipinski definition) is 1. The number of rotatable bonds is 5. The van der Waals surface area contributed by atoms with Gasteiger partial charge in [-0.15, -0.1) is 0 Å². The van der Waals surface area contributed by atoms with E-state index >= 15 is 0 Å². The lowest BCUT2D eigenvalue weighted by atomic mass is 10.1. The topological polar surface area (TPSA) is 60.0 Å². The van der Waals surface area contributed by atoms with Crippen LogP contribution in [0.5, 0.6) is 17.2 Å². The zero-order valence-corrected chi connectivity index (χ0v) is 14.5. The van der Waals surface area contributed by atoms with Crippen molar-refractivity contribution in [1.82, 2.24) is 10.2 Å². The summed E-state index contributed by atoms with van der Waals surface area (Å²) in [5.41, 5.74) is 1.01. The largest absolute Gasteiger partial charge is 0.493 e. The SMILES string of the molecule is COc1cc(CN[C@H](C)C(=O)N2CCCCC2)cc2c1OCCO2. The minimum atomic E-state index is -0.206. The lowest BCUT2D eigenvalue weighted by molar-refractivity contribution is -0.133. The fourth-order valence-electron chi connectivity index (χ4n) is 3.18. The number of carbonyl (C=O) groups is 1. The highest BCUT2D eigenvalue weighted by molar-refractivity contribution is 5.81. The molecule has 1 amide bonds. The number of benzene rings is 1. The van der Waals surface area contributed by atoms with Gasteiger partial charge in [-0.05, 0) is 43.9 Å². The number of fused-ring (bicyclic) bond motifs is 1. The predicted molar refractivity (Wildman–Crippen MR) is 90.7 cm³/mol. The van der Waals surface area contributed by atoms with Gasteiger partial charge in [0.15, 0.2) is 11.5 Å². The highest BCUT2D eigenvalue weighted by Crippen LogP contribution is 2.40. The molecular formula is C18H26N2O4. The van der Waals surface area contributed by atoms with Gasteiger partial charge in [0.25, 0.3) is 0 Å². The molecule has 3 rings (SSSR count). The molecule has 0 radical (unpaired) electrons. The van der Waals surface area contributed by atoms with Crippen molar-refractivity contribution in [1.29, 1.82) is 0 Å². The molecule has 0 spiro atoms. The van der Waals surface area contributed by atoms with Gasteiger partial charge in [0.05, 0.1) is 13.2 Å². The van der Waals surface area contributed by atoms with Crippen molar-refractivity contribution in [3.8, 4) is 17.2 Å². The number of nitrogens with zero attached hydrogens (tertiary/aromatic N) is 1. The number of methoxy groups -OCH3 is 1. The van der Waals surface area contributed by atoms with Gasteiger partial charge in [-0.25, -0.2) is 0 Å². The third-order valence-electron chi connectivity index (χ3n) is 4.54. The van der Waals surface area contributed by atoms with Gasteiger partial charge < -0.3 is 24.4 Å². The zero-order valence-electron chi connectivity index (χ0n) is 14.5. The first-order valence-electron chi connectivity index (χ1n) is 8.67. The second-order valence-corrected chi connectivity index (χ2v) is 6.31. The van der Waals surface area contributed by atoms with E-state index in [1.54, 1.807) is 7.11 Å². The number of amides is 1. The van der Waals surface area contributed by atoms with Crippen LogP contribution in [-0.4, -0.2) is 50.3 Å². The van der Waals surface area contributed by atoms with Crippen LogP contribution in [0.15, 0.2) is 12.1 Å². The molecular weight excluding hydrogens is 308 g/mol. The quantitative estimate of drug-likeness (QED) is 0.892. The average Bonchev–Trinajstić information content (AvgIpc) is 2.65. The molecule has 0 saturated carbocycles. The van der Waals surface area contributed by atoms with Gasteiger partial charge >= 0.3 is 0 Å². The van der Waals surface area contributed by atoms with Crippen LogP contribution in [0.4, 0.5) is 0 Å². The summed E-state index contributed by atoms with van der Waals surface area (Å²) in [5.74, 6) is 2.20. The van der Waals surface area contributed by atoms with Crippen LogP contribution in [0.2, 0.25) is 0 Å². The van der Waals surface area contributed by atoms with E-state index in [-0.39, 0.29) is 11.9 Å². The minimum absolute atomic E-state index is 0.180. The summed E-state index contributed by atoms with van der Waals surface area (Å²) >= 11 is 0. The summed E-state index contributed by atoms with van der Waals surface area (Å²) in [6.07, 6.45) is 3.44. The van der Waals surface area contributed by atoms with Gasteiger partial charge in [-0.2, -0.15) is 0 Å². The zero-order chi connectivity index (χ0) is 16.9. The van der Waals surface area contributed by atoms with E-state index in [4.69, 9.17) is 14.2 Å². The molecule has 0 aliphatic carbocycles. The van der Waals surface area contributed by atoms with Crippen molar-refractivity contribution in [2.24, 2.45) is 0 Å². The molecule has 0 unspecified atom stereocenters. The van der Waals surface area contributed by atoms with E-state index in [2.05, 4.69) is 5.32 Å². The molecule has 2 aliphatic rings. The van der Waals surface area contributed by atoms with Crippen molar-refractivity contribution in [2.75, 3.05) is 33.4 Å². The molecule has 0 aromatic heterocycles. The summed E-state index contributed by atoms with van der Waals surface area (Å²) < 4.78 is 16.7. The molecule has 6 heteroatoms. The van der Waals surface area contributed by atoms with Crippen LogP contribution >= 0.6 is 0 Å². The van der Waals surface area contributed by atoms with Crippen molar-refractivity contribution in [3.05, 3.63) is 17.7 Å². The van der Waals surface area contributed by atoms with E-state index in [1.165, 1.54) is 6.42 Å². The Morgan fingerprint density at radius 1 is 1.25 bits per heavy atom. The molecule has 1 atom stereocenters. The van der Waals surface area contributed by atoms with Gasteiger partial charge in [-0.3, -0.25) is 4.79 Å². The van der Waals surface area contributed by atoms with E-state index < -0.39 is 0 Å². The lowest BCUT2D eigenvalue weighted by Crippen LogP contribution is -2.46. The fourth-order valence-corrected chi connectivity index (χ4v) is 3.18. The molecule has 2 heterocycles.